The molecule has 0 fully saturated rings. The van der Waals surface area contributed by atoms with Crippen LogP contribution in [0.5, 0.6) is 0 Å². The quantitative estimate of drug-likeness (QED) is 0.379. The van der Waals surface area contributed by atoms with Crippen LogP contribution in [0, 0.1) is 0 Å². The first-order valence-corrected chi connectivity index (χ1v) is 3.85. The highest BCUT2D eigenvalue weighted by atomic mass is 16.3. The number of nitrogens with zero attached hydrogens (tertiary/aromatic N) is 1. The predicted molar refractivity (Wildman–Crippen MR) is 46.7 cm³/mol. The van der Waals surface area contributed by atoms with Crippen molar-refractivity contribution in [2.75, 3.05) is 27.0 Å². The first kappa shape index (κ1) is 12.1. The molecule has 0 radical (unpaired) electrons. The molecule has 0 spiro atoms. The Hall–Kier alpha value is -0.910. The highest BCUT2D eigenvalue weighted by Crippen LogP contribution is 2.05. The number of likely N-dealkylation sites (N-methyl/N-ethyl adjacent to an activating group) is 1. The third kappa shape index (κ3) is 3.14. The van der Waals surface area contributed by atoms with Gasteiger partial charge >= 0.3 is 0 Å². The van der Waals surface area contributed by atoms with Crippen molar-refractivity contribution in [1.82, 2.24) is 4.90 Å². The van der Waals surface area contributed by atoms with Crippen LogP contribution in [0.2, 0.25) is 0 Å². The van der Waals surface area contributed by atoms with E-state index in [0.717, 1.165) is 4.90 Å². The molecule has 0 aliphatic carbocycles. The van der Waals surface area contributed by atoms with E-state index in [9.17, 15) is 4.79 Å². The number of aliphatic hydroxyl groups excluding tert-OH is 3. The van der Waals surface area contributed by atoms with Gasteiger partial charge in [-0.15, -0.1) is 0 Å². The Labute approximate surface area is 76.9 Å². The molecule has 0 saturated heterocycles. The summed E-state index contributed by atoms with van der Waals surface area (Å²) in [5.41, 5.74) is 0.534. The number of hydrogen-bond acceptors (Lipinski definition) is 4. The SMILES string of the molecule is CC(C(=O)N(C)CO)=C(CO)CO. The number of amides is 1. The standard InChI is InChI=1S/C8H15NO4/c1-6(7(3-10)4-11)8(13)9(2)5-12/h10-12H,3-5H2,1-2H3. The molecule has 13 heavy (non-hydrogen) atoms. The molecule has 0 aliphatic heterocycles. The maximum Gasteiger partial charge on any atom is 0.251 e. The molecular weight excluding hydrogens is 174 g/mol. The van der Waals surface area contributed by atoms with Gasteiger partial charge in [0.25, 0.3) is 5.91 Å². The van der Waals surface area contributed by atoms with Crippen molar-refractivity contribution >= 4 is 5.91 Å². The summed E-state index contributed by atoms with van der Waals surface area (Å²) in [5.74, 6) is -0.402. The minimum Gasteiger partial charge on any atom is -0.392 e. The summed E-state index contributed by atoms with van der Waals surface area (Å²) in [4.78, 5) is 12.4. The molecule has 0 saturated carbocycles. The van der Waals surface area contributed by atoms with Gasteiger partial charge in [0.1, 0.15) is 6.73 Å². The van der Waals surface area contributed by atoms with Gasteiger partial charge in [0.15, 0.2) is 0 Å². The van der Waals surface area contributed by atoms with Crippen molar-refractivity contribution in [3.63, 3.8) is 0 Å². The van der Waals surface area contributed by atoms with Crippen LogP contribution in [-0.2, 0) is 4.79 Å². The summed E-state index contributed by atoms with van der Waals surface area (Å²) in [5, 5.41) is 26.1. The zero-order valence-electron chi connectivity index (χ0n) is 7.82. The smallest absolute Gasteiger partial charge is 0.251 e. The Morgan fingerprint density at radius 1 is 1.23 bits per heavy atom. The largest absolute Gasteiger partial charge is 0.392 e. The second kappa shape index (κ2) is 5.69. The zero-order valence-corrected chi connectivity index (χ0v) is 7.82. The Bertz CT molecular complexity index is 206. The third-order valence-electron chi connectivity index (χ3n) is 1.79. The molecule has 0 atom stereocenters. The van der Waals surface area contributed by atoms with Gasteiger partial charge in [-0.05, 0) is 12.5 Å². The monoisotopic (exact) mass is 189 g/mol. The van der Waals surface area contributed by atoms with Gasteiger partial charge in [-0.2, -0.15) is 0 Å². The minimum atomic E-state index is -0.402. The average Bonchev–Trinajstić information content (AvgIpc) is 2.17. The van der Waals surface area contributed by atoms with Crippen LogP contribution in [0.3, 0.4) is 0 Å². The van der Waals surface area contributed by atoms with Crippen LogP contribution < -0.4 is 0 Å². The fraction of sp³-hybridized carbons (Fsp3) is 0.625. The molecular formula is C8H15NO4. The van der Waals surface area contributed by atoms with Crippen LogP contribution in [-0.4, -0.2) is 53.1 Å². The van der Waals surface area contributed by atoms with E-state index in [2.05, 4.69) is 0 Å². The van der Waals surface area contributed by atoms with Crippen molar-refractivity contribution in [1.29, 1.82) is 0 Å². The second-order valence-electron chi connectivity index (χ2n) is 2.69. The molecule has 0 bridgehead atoms. The predicted octanol–water partition coefficient (Wildman–Crippen LogP) is -1.30. The molecule has 5 nitrogen and oxygen atoms in total. The third-order valence-corrected chi connectivity index (χ3v) is 1.79. The number of hydrogen-bond donors (Lipinski definition) is 3. The molecule has 5 heteroatoms. The van der Waals surface area contributed by atoms with Crippen molar-refractivity contribution < 1.29 is 20.1 Å². The molecule has 76 valence electrons. The number of rotatable bonds is 4. The van der Waals surface area contributed by atoms with E-state index in [4.69, 9.17) is 15.3 Å². The molecule has 0 aromatic carbocycles. The zero-order chi connectivity index (χ0) is 10.4. The summed E-state index contributed by atoms with van der Waals surface area (Å²) in [6.07, 6.45) is 0. The van der Waals surface area contributed by atoms with E-state index in [1.54, 1.807) is 0 Å². The Balaban J connectivity index is 4.64. The summed E-state index contributed by atoms with van der Waals surface area (Å²) in [6, 6.07) is 0. The fourth-order valence-electron chi connectivity index (χ4n) is 0.789. The lowest BCUT2D eigenvalue weighted by Gasteiger charge is -2.15. The van der Waals surface area contributed by atoms with Gasteiger partial charge in [-0.25, -0.2) is 0 Å². The fourth-order valence-corrected chi connectivity index (χ4v) is 0.789. The highest BCUT2D eigenvalue weighted by Gasteiger charge is 2.13. The lowest BCUT2D eigenvalue weighted by atomic mass is 10.1. The van der Waals surface area contributed by atoms with Crippen LogP contribution >= 0.6 is 0 Å². The van der Waals surface area contributed by atoms with Crippen molar-refractivity contribution in [2.24, 2.45) is 0 Å². The van der Waals surface area contributed by atoms with Crippen LogP contribution in [0.15, 0.2) is 11.1 Å². The Morgan fingerprint density at radius 2 is 1.69 bits per heavy atom. The first-order valence-electron chi connectivity index (χ1n) is 3.85. The van der Waals surface area contributed by atoms with Gasteiger partial charge in [0.2, 0.25) is 0 Å². The lowest BCUT2D eigenvalue weighted by molar-refractivity contribution is -0.129. The highest BCUT2D eigenvalue weighted by molar-refractivity contribution is 5.93. The first-order chi connectivity index (χ1) is 6.08. The van der Waals surface area contributed by atoms with E-state index in [-0.39, 0.29) is 31.1 Å². The number of carbonyl (C=O) groups excluding carboxylic acids is 1. The topological polar surface area (TPSA) is 81.0 Å². The van der Waals surface area contributed by atoms with E-state index >= 15 is 0 Å². The van der Waals surface area contributed by atoms with Crippen LogP contribution in [0.25, 0.3) is 0 Å². The number of aliphatic hydroxyl groups is 3. The molecule has 0 aromatic heterocycles. The van der Waals surface area contributed by atoms with Crippen LogP contribution in [0.4, 0.5) is 0 Å². The summed E-state index contributed by atoms with van der Waals surface area (Å²) in [6.45, 7) is 0.400. The van der Waals surface area contributed by atoms with Crippen molar-refractivity contribution in [3.05, 3.63) is 11.1 Å². The summed E-state index contributed by atoms with van der Waals surface area (Å²) >= 11 is 0. The molecule has 0 unspecified atom stereocenters. The summed E-state index contributed by atoms with van der Waals surface area (Å²) in [7, 11) is 1.43. The van der Waals surface area contributed by atoms with Gasteiger partial charge in [0.05, 0.1) is 13.2 Å². The van der Waals surface area contributed by atoms with E-state index in [1.165, 1.54) is 14.0 Å². The normalized spacial score (nSPS) is 9.62. The van der Waals surface area contributed by atoms with Gasteiger partial charge in [-0.3, -0.25) is 4.79 Å². The van der Waals surface area contributed by atoms with Gasteiger partial charge in [-0.1, -0.05) is 0 Å². The average molecular weight is 189 g/mol. The van der Waals surface area contributed by atoms with Gasteiger partial charge in [0, 0.05) is 12.6 Å². The number of carbonyl (C=O) groups is 1. The Kier molecular flexibility index (Phi) is 5.29. The maximum atomic E-state index is 11.3. The second-order valence-corrected chi connectivity index (χ2v) is 2.69. The molecule has 0 rings (SSSR count). The van der Waals surface area contributed by atoms with E-state index in [1.807, 2.05) is 0 Å². The molecule has 0 heterocycles. The van der Waals surface area contributed by atoms with E-state index in [0.29, 0.717) is 0 Å². The van der Waals surface area contributed by atoms with Crippen molar-refractivity contribution in [2.45, 2.75) is 6.92 Å². The molecule has 1 amide bonds. The molecule has 0 aliphatic rings. The van der Waals surface area contributed by atoms with E-state index < -0.39 is 5.91 Å². The van der Waals surface area contributed by atoms with Crippen LogP contribution in [0.1, 0.15) is 6.92 Å². The van der Waals surface area contributed by atoms with Gasteiger partial charge < -0.3 is 20.2 Å². The minimum absolute atomic E-state index is 0.265. The summed E-state index contributed by atoms with van der Waals surface area (Å²) < 4.78 is 0. The molecule has 0 aromatic rings. The molecule has 3 N–H and O–H groups in total. The van der Waals surface area contributed by atoms with Crippen molar-refractivity contribution in [3.8, 4) is 0 Å². The Morgan fingerprint density at radius 3 is 2.00 bits per heavy atom. The lowest BCUT2D eigenvalue weighted by Crippen LogP contribution is -2.29. The maximum absolute atomic E-state index is 11.3.